The van der Waals surface area contributed by atoms with E-state index in [0.29, 0.717) is 39.2 Å². The molecule has 0 saturated carbocycles. The van der Waals surface area contributed by atoms with Gasteiger partial charge in [-0.15, -0.1) is 0 Å². The van der Waals surface area contributed by atoms with E-state index < -0.39 is 12.2 Å². The third-order valence-electron chi connectivity index (χ3n) is 17.1. The lowest BCUT2D eigenvalue weighted by molar-refractivity contribution is -0.144. The summed E-state index contributed by atoms with van der Waals surface area (Å²) in [7, 11) is 3.94. The van der Waals surface area contributed by atoms with Gasteiger partial charge in [0.15, 0.2) is 0 Å². The molecular weight excluding hydrogens is 1130 g/mol. The van der Waals surface area contributed by atoms with Crippen molar-refractivity contribution in [3.63, 3.8) is 0 Å². The maximum absolute atomic E-state index is 12.9. The highest BCUT2D eigenvalue weighted by atomic mass is 33.1. The quantitative estimate of drug-likeness (QED) is 0.0201. The van der Waals surface area contributed by atoms with Crippen molar-refractivity contribution in [2.24, 2.45) is 0 Å². The number of unbranched alkanes of at least 4 members (excludes halogenated alkanes) is 23. The largest absolute Gasteiger partial charge is 0.464 e. The Morgan fingerprint density at radius 3 is 1.15 bits per heavy atom. The van der Waals surface area contributed by atoms with Gasteiger partial charge in [0.05, 0.1) is 24.4 Å². The highest BCUT2D eigenvalue weighted by Crippen LogP contribution is 2.23. The molecule has 0 aromatic rings. The Morgan fingerprint density at radius 2 is 0.739 bits per heavy atom. The van der Waals surface area contributed by atoms with Gasteiger partial charge in [-0.05, 0) is 122 Å². The number of hydrogen-bond acceptors (Lipinski definition) is 12. The molecule has 4 N–H and O–H groups in total. The van der Waals surface area contributed by atoms with E-state index in [9.17, 15) is 25.2 Å². The fourth-order valence-electron chi connectivity index (χ4n) is 11.6. The summed E-state index contributed by atoms with van der Waals surface area (Å²) in [4.78, 5) is 22.4. The molecule has 12 heteroatoms. The molecule has 0 spiro atoms. The van der Waals surface area contributed by atoms with Gasteiger partial charge in [-0.1, -0.05) is 263 Å². The van der Waals surface area contributed by atoms with Gasteiger partial charge < -0.3 is 25.2 Å². The van der Waals surface area contributed by atoms with Gasteiger partial charge in [0.1, 0.15) is 6.61 Å². The molecule has 0 bridgehead atoms. The number of ether oxygens (including phenoxy) is 1. The van der Waals surface area contributed by atoms with Gasteiger partial charge in [-0.3, -0.25) is 24.4 Å². The number of aliphatic hydroxyl groups excluding tert-OH is 4. The van der Waals surface area contributed by atoms with Crippen LogP contribution in [0.2, 0.25) is 0 Å². The number of hydrogen-bond donors (Lipinski definition) is 4. The van der Waals surface area contributed by atoms with Crippen molar-refractivity contribution in [1.82, 2.24) is 19.6 Å². The normalized spacial score (nSPS) is 15.4. The standard InChI is InChI=1S/C76H142N4O6S2/c1-5-9-13-17-21-25-27-29-31-33-35-39-43-47-52-72(81)68-79(69-73(82)53-48-44-40-36-34-32-30-28-26-22-18-14-10-6-2)57-50-49-56-76(85)86-65-63-77-59-61-78(62-60-77)64-67-88-87-66-51-58-80(70-74(83)54-45-41-37-23-19-15-11-7-3)71-75(84)55-46-42-38-24-20-16-12-8-4/h9-10,13-14,21-22,25-26,29-32,72-75,81-84H,5-8,11-12,15-20,23-24,27-28,33-71H2,1-4H3/b13-9-,14-10-,25-21-,26-22-,31-29-,32-30-/t72-,73-,74?,75?/m1/s1. The number of carbonyl (C=O) groups excluding carboxylic acids is 1. The molecule has 0 aliphatic carbocycles. The minimum absolute atomic E-state index is 0.128. The zero-order valence-corrected chi connectivity index (χ0v) is 59.5. The molecule has 1 heterocycles. The van der Waals surface area contributed by atoms with E-state index in [1.54, 1.807) is 0 Å². The van der Waals surface area contributed by atoms with E-state index in [1.165, 1.54) is 116 Å². The minimum atomic E-state index is -0.419. The smallest absolute Gasteiger partial charge is 0.305 e. The number of rotatable bonds is 66. The van der Waals surface area contributed by atoms with Crippen molar-refractivity contribution in [2.75, 3.05) is 96.6 Å². The van der Waals surface area contributed by atoms with Crippen LogP contribution in [-0.2, 0) is 9.53 Å². The Labute approximate surface area is 552 Å². The molecule has 0 aromatic heterocycles. The molecule has 10 nitrogen and oxygen atoms in total. The van der Waals surface area contributed by atoms with E-state index >= 15 is 0 Å². The number of esters is 1. The van der Waals surface area contributed by atoms with Gasteiger partial charge in [-0.2, -0.15) is 0 Å². The predicted molar refractivity (Wildman–Crippen MR) is 388 cm³/mol. The molecule has 1 aliphatic heterocycles. The summed E-state index contributed by atoms with van der Waals surface area (Å²) in [5.41, 5.74) is 0. The Kier molecular flexibility index (Phi) is 63.9. The molecule has 0 radical (unpaired) electrons. The molecule has 1 saturated heterocycles. The molecule has 2 unspecified atom stereocenters. The van der Waals surface area contributed by atoms with E-state index in [-0.39, 0.29) is 18.2 Å². The second kappa shape index (κ2) is 66.7. The van der Waals surface area contributed by atoms with E-state index in [2.05, 4.69) is 120 Å². The maximum Gasteiger partial charge on any atom is 0.305 e. The van der Waals surface area contributed by atoms with Crippen LogP contribution in [0, 0.1) is 0 Å². The Morgan fingerprint density at radius 1 is 0.398 bits per heavy atom. The van der Waals surface area contributed by atoms with Crippen LogP contribution < -0.4 is 0 Å². The number of carbonyl (C=O) groups is 1. The Bertz CT molecular complexity index is 1570. The lowest BCUT2D eigenvalue weighted by Crippen LogP contribution is -2.47. The van der Waals surface area contributed by atoms with Crippen molar-refractivity contribution in [3.8, 4) is 0 Å². The maximum atomic E-state index is 12.9. The second-order valence-electron chi connectivity index (χ2n) is 25.6. The third-order valence-corrected chi connectivity index (χ3v) is 19.5. The molecule has 88 heavy (non-hydrogen) atoms. The van der Waals surface area contributed by atoms with Crippen LogP contribution in [0.5, 0.6) is 0 Å². The summed E-state index contributed by atoms with van der Waals surface area (Å²) in [6.07, 6.45) is 69.7. The van der Waals surface area contributed by atoms with Crippen LogP contribution in [0.25, 0.3) is 0 Å². The molecular formula is C76H142N4O6S2. The van der Waals surface area contributed by atoms with Crippen molar-refractivity contribution in [2.45, 2.75) is 309 Å². The van der Waals surface area contributed by atoms with Crippen molar-refractivity contribution in [1.29, 1.82) is 0 Å². The van der Waals surface area contributed by atoms with Crippen LogP contribution in [-0.4, -0.2) is 167 Å². The molecule has 0 amide bonds. The summed E-state index contributed by atoms with van der Waals surface area (Å²) in [5, 5.41) is 44.4. The van der Waals surface area contributed by atoms with Crippen molar-refractivity contribution < 1.29 is 30.0 Å². The topological polar surface area (TPSA) is 120 Å². The average Bonchev–Trinajstić information content (AvgIpc) is 3.71. The summed E-state index contributed by atoms with van der Waals surface area (Å²) >= 11 is 0. The molecule has 1 fully saturated rings. The first-order chi connectivity index (χ1) is 43.2. The van der Waals surface area contributed by atoms with Gasteiger partial charge in [0.2, 0.25) is 0 Å². The Balaban J connectivity index is 2.42. The Hall–Kier alpha value is -1.71. The predicted octanol–water partition coefficient (Wildman–Crippen LogP) is 18.6. The zero-order chi connectivity index (χ0) is 63.7. The first kappa shape index (κ1) is 84.3. The highest BCUT2D eigenvalue weighted by molar-refractivity contribution is 8.76. The second-order valence-corrected chi connectivity index (χ2v) is 28.3. The molecule has 1 rings (SSSR count). The molecule has 4 atom stereocenters. The lowest BCUT2D eigenvalue weighted by atomic mass is 10.0. The number of nitrogens with zero attached hydrogens (tertiary/aromatic N) is 4. The number of aliphatic hydroxyl groups is 4. The van der Waals surface area contributed by atoms with E-state index in [0.717, 1.165) is 199 Å². The average molecular weight is 1270 g/mol. The molecule has 0 aromatic carbocycles. The SMILES string of the molecule is CC/C=C\C/C=C\C/C=C\CCCCCC[C@@H](O)CN(CCCCC(=O)OCCN1CCN(CCSSCCCN(CC(O)CCCCCCCCCC)CC(O)CCCCCCCCCC)CC1)C[C@H](O)CCCCCC/C=C\C/C=C\C/C=C\CC. The summed E-state index contributed by atoms with van der Waals surface area (Å²) in [6.45, 7) is 19.4. The van der Waals surface area contributed by atoms with Crippen LogP contribution in [0.15, 0.2) is 72.9 Å². The fraction of sp³-hybridized carbons (Fsp3) is 0.829. The van der Waals surface area contributed by atoms with E-state index in [4.69, 9.17) is 4.74 Å². The molecule has 1 aliphatic rings. The van der Waals surface area contributed by atoms with Crippen LogP contribution in [0.3, 0.4) is 0 Å². The minimum Gasteiger partial charge on any atom is -0.464 e. The van der Waals surface area contributed by atoms with Crippen LogP contribution >= 0.6 is 21.6 Å². The van der Waals surface area contributed by atoms with Crippen LogP contribution in [0.1, 0.15) is 285 Å². The van der Waals surface area contributed by atoms with Gasteiger partial charge in [0, 0.05) is 83.4 Å². The summed E-state index contributed by atoms with van der Waals surface area (Å²) < 4.78 is 5.74. The summed E-state index contributed by atoms with van der Waals surface area (Å²) in [5.74, 6) is 2.05. The van der Waals surface area contributed by atoms with Gasteiger partial charge >= 0.3 is 5.97 Å². The molecule has 514 valence electrons. The van der Waals surface area contributed by atoms with Crippen LogP contribution in [0.4, 0.5) is 0 Å². The number of allylic oxidation sites excluding steroid dienone is 12. The monoisotopic (exact) mass is 1270 g/mol. The van der Waals surface area contributed by atoms with E-state index in [1.807, 2.05) is 21.6 Å². The number of piperazine rings is 1. The fourth-order valence-corrected chi connectivity index (χ4v) is 13.7. The highest BCUT2D eigenvalue weighted by Gasteiger charge is 2.20. The van der Waals surface area contributed by atoms with Crippen molar-refractivity contribution in [3.05, 3.63) is 72.9 Å². The summed E-state index contributed by atoms with van der Waals surface area (Å²) in [6, 6.07) is 0. The third kappa shape index (κ3) is 59.3. The van der Waals surface area contributed by atoms with Gasteiger partial charge in [0.25, 0.3) is 0 Å². The van der Waals surface area contributed by atoms with Gasteiger partial charge in [-0.25, -0.2) is 0 Å². The lowest BCUT2D eigenvalue weighted by Gasteiger charge is -2.34. The first-order valence-corrected chi connectivity index (χ1v) is 39.6. The zero-order valence-electron chi connectivity index (χ0n) is 57.8. The first-order valence-electron chi connectivity index (χ1n) is 37.1. The van der Waals surface area contributed by atoms with Crippen molar-refractivity contribution >= 4 is 27.6 Å².